The number of benzene rings is 2. The highest BCUT2D eigenvalue weighted by Crippen LogP contribution is 2.33. The SMILES string of the molecule is Cc1ccc(C(=O)N2CCC(C(=O)N3CCN(Cc4ccc5c(c4)OCO5)CC3)CC2)cc1. The number of amides is 2. The molecular formula is C26H31N3O4. The van der Waals surface area contributed by atoms with Crippen LogP contribution < -0.4 is 9.47 Å². The number of nitrogens with zero attached hydrogens (tertiary/aromatic N) is 3. The van der Waals surface area contributed by atoms with Gasteiger partial charge < -0.3 is 19.3 Å². The van der Waals surface area contributed by atoms with Crippen molar-refractivity contribution in [1.82, 2.24) is 14.7 Å². The first-order valence-corrected chi connectivity index (χ1v) is 11.8. The number of carbonyl (C=O) groups excluding carboxylic acids is 2. The first-order valence-electron chi connectivity index (χ1n) is 11.8. The van der Waals surface area contributed by atoms with Crippen LogP contribution in [-0.4, -0.2) is 72.6 Å². The van der Waals surface area contributed by atoms with Gasteiger partial charge in [0.1, 0.15) is 0 Å². The number of hydrogen-bond donors (Lipinski definition) is 0. The maximum atomic E-state index is 13.1. The first kappa shape index (κ1) is 21.8. The predicted octanol–water partition coefficient (Wildman–Crippen LogP) is 2.92. The van der Waals surface area contributed by atoms with Gasteiger partial charge in [-0.1, -0.05) is 23.8 Å². The van der Waals surface area contributed by atoms with Crippen molar-refractivity contribution in [2.24, 2.45) is 5.92 Å². The second kappa shape index (κ2) is 9.43. The highest BCUT2D eigenvalue weighted by molar-refractivity contribution is 5.94. The summed E-state index contributed by atoms with van der Waals surface area (Å²) >= 11 is 0. The van der Waals surface area contributed by atoms with Gasteiger partial charge in [-0.05, 0) is 49.6 Å². The van der Waals surface area contributed by atoms with Crippen molar-refractivity contribution in [2.75, 3.05) is 46.1 Å². The van der Waals surface area contributed by atoms with Crippen molar-refractivity contribution in [3.05, 3.63) is 59.2 Å². The van der Waals surface area contributed by atoms with Crippen LogP contribution in [-0.2, 0) is 11.3 Å². The van der Waals surface area contributed by atoms with E-state index in [4.69, 9.17) is 9.47 Å². The Balaban J connectivity index is 1.08. The number of likely N-dealkylation sites (tertiary alicyclic amines) is 1. The summed E-state index contributed by atoms with van der Waals surface area (Å²) in [5.74, 6) is 1.96. The van der Waals surface area contributed by atoms with Crippen LogP contribution in [0.1, 0.15) is 34.3 Å². The fourth-order valence-electron chi connectivity index (χ4n) is 4.89. The molecule has 7 heteroatoms. The Labute approximate surface area is 194 Å². The Morgan fingerprint density at radius 1 is 0.848 bits per heavy atom. The Morgan fingerprint density at radius 3 is 2.27 bits per heavy atom. The Kier molecular flexibility index (Phi) is 6.22. The predicted molar refractivity (Wildman–Crippen MR) is 124 cm³/mol. The third-order valence-electron chi connectivity index (χ3n) is 6.96. The van der Waals surface area contributed by atoms with E-state index >= 15 is 0 Å². The van der Waals surface area contributed by atoms with E-state index in [1.54, 1.807) is 0 Å². The average Bonchev–Trinajstić information content (AvgIpc) is 3.32. The number of hydrogen-bond acceptors (Lipinski definition) is 5. The molecule has 2 fully saturated rings. The Bertz CT molecular complexity index is 1010. The summed E-state index contributed by atoms with van der Waals surface area (Å²) in [6.45, 7) is 7.69. The fourth-order valence-corrected chi connectivity index (χ4v) is 4.89. The van der Waals surface area contributed by atoms with Gasteiger partial charge in [-0.2, -0.15) is 0 Å². The largest absolute Gasteiger partial charge is 0.454 e. The minimum absolute atomic E-state index is 0.0208. The number of aryl methyl sites for hydroxylation is 1. The first-order chi connectivity index (χ1) is 16.1. The van der Waals surface area contributed by atoms with Crippen LogP contribution in [0, 0.1) is 12.8 Å². The van der Waals surface area contributed by atoms with Crippen molar-refractivity contribution in [3.8, 4) is 11.5 Å². The molecule has 0 spiro atoms. The van der Waals surface area contributed by atoms with Crippen molar-refractivity contribution in [1.29, 1.82) is 0 Å². The van der Waals surface area contributed by atoms with E-state index in [0.29, 0.717) is 19.9 Å². The molecule has 2 aromatic carbocycles. The van der Waals surface area contributed by atoms with Gasteiger partial charge in [0.15, 0.2) is 11.5 Å². The molecule has 7 nitrogen and oxygen atoms in total. The zero-order chi connectivity index (χ0) is 22.8. The molecule has 3 aliphatic heterocycles. The van der Waals surface area contributed by atoms with E-state index in [-0.39, 0.29) is 17.7 Å². The van der Waals surface area contributed by atoms with Crippen LogP contribution in [0.3, 0.4) is 0 Å². The molecule has 2 aromatic rings. The minimum atomic E-state index is 0.0208. The molecule has 2 amide bonds. The van der Waals surface area contributed by atoms with Gasteiger partial charge in [-0.3, -0.25) is 14.5 Å². The number of fused-ring (bicyclic) bond motifs is 1. The number of piperidine rings is 1. The molecule has 3 heterocycles. The highest BCUT2D eigenvalue weighted by atomic mass is 16.7. The third-order valence-corrected chi connectivity index (χ3v) is 6.96. The van der Waals surface area contributed by atoms with Crippen molar-refractivity contribution in [3.63, 3.8) is 0 Å². The van der Waals surface area contributed by atoms with Gasteiger partial charge in [0.2, 0.25) is 12.7 Å². The van der Waals surface area contributed by atoms with Crippen LogP contribution in [0.4, 0.5) is 0 Å². The lowest BCUT2D eigenvalue weighted by atomic mass is 9.94. The maximum absolute atomic E-state index is 13.1. The monoisotopic (exact) mass is 449 g/mol. The smallest absolute Gasteiger partial charge is 0.253 e. The van der Waals surface area contributed by atoms with Gasteiger partial charge in [-0.15, -0.1) is 0 Å². The number of ether oxygens (including phenoxy) is 2. The van der Waals surface area contributed by atoms with Gasteiger partial charge in [0, 0.05) is 57.3 Å². The van der Waals surface area contributed by atoms with Crippen molar-refractivity contribution in [2.45, 2.75) is 26.3 Å². The van der Waals surface area contributed by atoms with Gasteiger partial charge in [0.25, 0.3) is 5.91 Å². The van der Waals surface area contributed by atoms with E-state index in [1.807, 2.05) is 53.1 Å². The summed E-state index contributed by atoms with van der Waals surface area (Å²) in [5.41, 5.74) is 3.07. The molecule has 2 saturated heterocycles. The molecule has 0 atom stereocenters. The Hall–Kier alpha value is -3.06. The van der Waals surface area contributed by atoms with E-state index in [1.165, 1.54) is 5.56 Å². The molecule has 0 bridgehead atoms. The van der Waals surface area contributed by atoms with Crippen LogP contribution in [0.5, 0.6) is 11.5 Å². The molecule has 33 heavy (non-hydrogen) atoms. The lowest BCUT2D eigenvalue weighted by molar-refractivity contribution is -0.138. The molecule has 0 saturated carbocycles. The summed E-state index contributed by atoms with van der Waals surface area (Å²) in [4.78, 5) is 32.1. The molecule has 0 aliphatic carbocycles. The molecule has 0 radical (unpaired) electrons. The molecular weight excluding hydrogens is 418 g/mol. The summed E-state index contributed by atoms with van der Waals surface area (Å²) in [6, 6.07) is 13.8. The number of rotatable bonds is 4. The number of carbonyl (C=O) groups is 2. The summed E-state index contributed by atoms with van der Waals surface area (Å²) in [7, 11) is 0. The Morgan fingerprint density at radius 2 is 1.55 bits per heavy atom. The normalized spacial score (nSPS) is 19.1. The molecule has 174 valence electrons. The van der Waals surface area contributed by atoms with Crippen LogP contribution in [0.15, 0.2) is 42.5 Å². The van der Waals surface area contributed by atoms with Gasteiger partial charge >= 0.3 is 0 Å². The summed E-state index contributed by atoms with van der Waals surface area (Å²) in [5, 5.41) is 0. The van der Waals surface area contributed by atoms with Crippen LogP contribution >= 0.6 is 0 Å². The molecule has 3 aliphatic rings. The average molecular weight is 450 g/mol. The lowest BCUT2D eigenvalue weighted by Gasteiger charge is -2.38. The molecule has 0 aromatic heterocycles. The maximum Gasteiger partial charge on any atom is 0.253 e. The van der Waals surface area contributed by atoms with Crippen molar-refractivity contribution >= 4 is 11.8 Å². The summed E-state index contributed by atoms with van der Waals surface area (Å²) in [6.07, 6.45) is 1.49. The van der Waals surface area contributed by atoms with Crippen LogP contribution in [0.25, 0.3) is 0 Å². The van der Waals surface area contributed by atoms with Gasteiger partial charge in [-0.25, -0.2) is 0 Å². The fraction of sp³-hybridized carbons (Fsp3) is 0.462. The van der Waals surface area contributed by atoms with E-state index < -0.39 is 0 Å². The zero-order valence-electron chi connectivity index (χ0n) is 19.2. The van der Waals surface area contributed by atoms with Gasteiger partial charge in [0.05, 0.1) is 0 Å². The molecule has 0 unspecified atom stereocenters. The second-order valence-electron chi connectivity index (χ2n) is 9.22. The molecule has 0 N–H and O–H groups in total. The summed E-state index contributed by atoms with van der Waals surface area (Å²) < 4.78 is 10.9. The van der Waals surface area contributed by atoms with Crippen molar-refractivity contribution < 1.29 is 19.1 Å². The lowest BCUT2D eigenvalue weighted by Crippen LogP contribution is -2.51. The van der Waals surface area contributed by atoms with E-state index in [2.05, 4.69) is 11.0 Å². The highest BCUT2D eigenvalue weighted by Gasteiger charge is 2.32. The van der Waals surface area contributed by atoms with E-state index in [9.17, 15) is 9.59 Å². The van der Waals surface area contributed by atoms with Crippen LogP contribution in [0.2, 0.25) is 0 Å². The number of piperazine rings is 1. The van der Waals surface area contributed by atoms with E-state index in [0.717, 1.165) is 68.2 Å². The standard InChI is InChI=1S/C26H31N3O4/c1-19-2-5-21(6-3-19)25(30)28-10-8-22(9-11-28)26(31)29-14-12-27(13-15-29)17-20-4-7-23-24(16-20)33-18-32-23/h2-7,16,22H,8-15,17-18H2,1H3. The second-order valence-corrected chi connectivity index (χ2v) is 9.22. The zero-order valence-corrected chi connectivity index (χ0v) is 19.2. The topological polar surface area (TPSA) is 62.3 Å². The third kappa shape index (κ3) is 4.83. The quantitative estimate of drug-likeness (QED) is 0.718. The molecule has 5 rings (SSSR count). The minimum Gasteiger partial charge on any atom is -0.454 e.